The third-order valence-corrected chi connectivity index (χ3v) is 6.95. The number of anilines is 2. The largest absolute Gasteiger partial charge is 0.481 e. The maximum absolute atomic E-state index is 11.8. The number of carbonyl (C=O) groups is 1. The molecule has 0 unspecified atom stereocenters. The van der Waals surface area contributed by atoms with E-state index >= 15 is 0 Å². The number of hydrogen-bond donors (Lipinski definition) is 2. The quantitative estimate of drug-likeness (QED) is 0.126. The lowest BCUT2D eigenvalue weighted by molar-refractivity contribution is -0.383. The Morgan fingerprint density at radius 2 is 1.49 bits per heavy atom. The second-order valence-corrected chi connectivity index (χ2v) is 9.77. The fourth-order valence-corrected chi connectivity index (χ4v) is 4.76. The van der Waals surface area contributed by atoms with Crippen LogP contribution in [0.3, 0.4) is 0 Å². The maximum Gasteiger partial charge on any atom is 0.353 e. The molecule has 1 aromatic heterocycles. The van der Waals surface area contributed by atoms with Crippen molar-refractivity contribution in [2.75, 3.05) is 29.9 Å². The number of aromatic nitrogens is 2. The zero-order valence-electron chi connectivity index (χ0n) is 21.6. The molecule has 1 fully saturated rings. The molecular formula is C26H45N5O4. The van der Waals surface area contributed by atoms with E-state index in [4.69, 9.17) is 0 Å². The second-order valence-electron chi connectivity index (χ2n) is 9.77. The van der Waals surface area contributed by atoms with Gasteiger partial charge in [-0.05, 0) is 19.3 Å². The SMILES string of the molecule is CCCCCCCCCCCCCCCCNc1ncnc(N2CCC(C(=O)O)CC2)c1[N+](=O)[O-]. The average Bonchev–Trinajstić information content (AvgIpc) is 2.86. The summed E-state index contributed by atoms with van der Waals surface area (Å²) in [4.78, 5) is 32.6. The number of nitrogens with zero attached hydrogens (tertiary/aromatic N) is 4. The van der Waals surface area contributed by atoms with Crippen molar-refractivity contribution in [1.29, 1.82) is 0 Å². The average molecular weight is 492 g/mol. The van der Waals surface area contributed by atoms with Crippen molar-refractivity contribution >= 4 is 23.3 Å². The van der Waals surface area contributed by atoms with Crippen molar-refractivity contribution in [3.8, 4) is 0 Å². The molecule has 0 radical (unpaired) electrons. The molecule has 198 valence electrons. The molecule has 9 nitrogen and oxygen atoms in total. The van der Waals surface area contributed by atoms with Crippen molar-refractivity contribution < 1.29 is 14.8 Å². The van der Waals surface area contributed by atoms with Crippen LogP contribution in [0, 0.1) is 16.0 Å². The van der Waals surface area contributed by atoms with Crippen molar-refractivity contribution in [2.24, 2.45) is 5.92 Å². The Kier molecular flexibility index (Phi) is 14.0. The molecule has 1 aliphatic heterocycles. The zero-order valence-corrected chi connectivity index (χ0v) is 21.6. The van der Waals surface area contributed by atoms with Crippen LogP contribution in [0.1, 0.15) is 110 Å². The fourth-order valence-electron chi connectivity index (χ4n) is 4.76. The summed E-state index contributed by atoms with van der Waals surface area (Å²) in [7, 11) is 0. The minimum Gasteiger partial charge on any atom is -0.481 e. The van der Waals surface area contributed by atoms with Crippen molar-refractivity contribution in [1.82, 2.24) is 9.97 Å². The first kappa shape index (κ1) is 28.8. The van der Waals surface area contributed by atoms with E-state index in [1.165, 1.54) is 83.4 Å². The number of hydrogen-bond acceptors (Lipinski definition) is 7. The monoisotopic (exact) mass is 491 g/mol. The minimum absolute atomic E-state index is 0.119. The summed E-state index contributed by atoms with van der Waals surface area (Å²) in [6, 6.07) is 0. The van der Waals surface area contributed by atoms with Gasteiger partial charge in [0.1, 0.15) is 6.33 Å². The van der Waals surface area contributed by atoms with Gasteiger partial charge in [-0.3, -0.25) is 14.9 Å². The third kappa shape index (κ3) is 10.8. The lowest BCUT2D eigenvalue weighted by Crippen LogP contribution is -2.37. The van der Waals surface area contributed by atoms with Crippen LogP contribution in [0.2, 0.25) is 0 Å². The van der Waals surface area contributed by atoms with Crippen LogP contribution in [0.25, 0.3) is 0 Å². The topological polar surface area (TPSA) is 121 Å². The Hall–Kier alpha value is -2.45. The summed E-state index contributed by atoms with van der Waals surface area (Å²) in [6.07, 6.45) is 20.3. The number of nitro groups is 1. The predicted molar refractivity (Wildman–Crippen MR) is 140 cm³/mol. The first-order valence-corrected chi connectivity index (χ1v) is 13.8. The molecule has 1 aromatic rings. The Morgan fingerprint density at radius 3 is 1.97 bits per heavy atom. The lowest BCUT2D eigenvalue weighted by atomic mass is 9.97. The summed E-state index contributed by atoms with van der Waals surface area (Å²) < 4.78 is 0. The van der Waals surface area contributed by atoms with Gasteiger partial charge in [0.15, 0.2) is 0 Å². The van der Waals surface area contributed by atoms with E-state index in [2.05, 4.69) is 22.2 Å². The van der Waals surface area contributed by atoms with E-state index < -0.39 is 16.8 Å². The minimum atomic E-state index is -0.808. The number of carboxylic acids is 1. The molecule has 9 heteroatoms. The zero-order chi connectivity index (χ0) is 25.3. The molecule has 0 spiro atoms. The van der Waals surface area contributed by atoms with Gasteiger partial charge in [0.2, 0.25) is 11.6 Å². The summed E-state index contributed by atoms with van der Waals surface area (Å²) in [5.41, 5.74) is -0.119. The molecule has 35 heavy (non-hydrogen) atoms. The Balaban J connectivity index is 1.61. The van der Waals surface area contributed by atoms with E-state index in [-0.39, 0.29) is 17.3 Å². The molecule has 0 bridgehead atoms. The highest BCUT2D eigenvalue weighted by atomic mass is 16.6. The predicted octanol–water partition coefficient (Wildman–Crippen LogP) is 6.58. The number of aliphatic carboxylic acids is 1. The normalized spacial score (nSPS) is 14.3. The third-order valence-electron chi connectivity index (χ3n) is 6.95. The summed E-state index contributed by atoms with van der Waals surface area (Å²) in [5.74, 6) is -0.685. The van der Waals surface area contributed by atoms with Crippen LogP contribution in [0.4, 0.5) is 17.3 Å². The van der Waals surface area contributed by atoms with Crippen LogP contribution in [-0.4, -0.2) is 45.6 Å². The van der Waals surface area contributed by atoms with E-state index in [1.807, 2.05) is 0 Å². The number of piperidine rings is 1. The molecule has 2 rings (SSSR count). The van der Waals surface area contributed by atoms with Gasteiger partial charge in [0, 0.05) is 19.6 Å². The van der Waals surface area contributed by atoms with E-state index in [1.54, 1.807) is 4.90 Å². The Morgan fingerprint density at radius 1 is 0.971 bits per heavy atom. The molecule has 2 N–H and O–H groups in total. The van der Waals surface area contributed by atoms with Crippen molar-refractivity contribution in [3.05, 3.63) is 16.4 Å². The molecule has 0 saturated carbocycles. The Labute approximate surface area is 210 Å². The van der Waals surface area contributed by atoms with E-state index in [0.717, 1.165) is 12.8 Å². The molecular weight excluding hydrogens is 446 g/mol. The van der Waals surface area contributed by atoms with Gasteiger partial charge in [0.25, 0.3) is 0 Å². The van der Waals surface area contributed by atoms with Crippen LogP contribution in [-0.2, 0) is 4.79 Å². The number of nitrogens with one attached hydrogen (secondary N) is 1. The molecule has 0 amide bonds. The lowest BCUT2D eigenvalue weighted by Gasteiger charge is -2.30. The Bertz CT molecular complexity index is 753. The summed E-state index contributed by atoms with van der Waals surface area (Å²) in [6.45, 7) is 3.77. The van der Waals surface area contributed by atoms with Crippen LogP contribution < -0.4 is 10.2 Å². The van der Waals surface area contributed by atoms with Crippen LogP contribution in [0.5, 0.6) is 0 Å². The van der Waals surface area contributed by atoms with Gasteiger partial charge < -0.3 is 15.3 Å². The van der Waals surface area contributed by atoms with Gasteiger partial charge in [-0.15, -0.1) is 0 Å². The maximum atomic E-state index is 11.8. The van der Waals surface area contributed by atoms with Gasteiger partial charge in [0.05, 0.1) is 10.8 Å². The number of unbranched alkanes of at least 4 members (excludes halogenated alkanes) is 13. The highest BCUT2D eigenvalue weighted by Crippen LogP contribution is 2.34. The standard InChI is InChI=1S/C26H45N5O4/c1-2-3-4-5-6-7-8-9-10-11-12-13-14-15-18-27-24-23(31(34)35)25(29-21-28-24)30-19-16-22(17-20-30)26(32)33/h21-22H,2-20H2,1H3,(H,32,33)(H,27,28,29). The molecule has 2 heterocycles. The summed E-state index contributed by atoms with van der Waals surface area (Å²) in [5, 5.41) is 24.1. The van der Waals surface area contributed by atoms with Crippen molar-refractivity contribution in [3.63, 3.8) is 0 Å². The van der Waals surface area contributed by atoms with Gasteiger partial charge in [-0.25, -0.2) is 9.97 Å². The smallest absolute Gasteiger partial charge is 0.353 e. The molecule has 0 aromatic carbocycles. The second kappa shape index (κ2) is 17.1. The van der Waals surface area contributed by atoms with Crippen LogP contribution >= 0.6 is 0 Å². The van der Waals surface area contributed by atoms with E-state index in [0.29, 0.717) is 32.5 Å². The molecule has 1 aliphatic rings. The van der Waals surface area contributed by atoms with Crippen LogP contribution in [0.15, 0.2) is 6.33 Å². The number of rotatable bonds is 19. The van der Waals surface area contributed by atoms with Gasteiger partial charge >= 0.3 is 11.7 Å². The van der Waals surface area contributed by atoms with E-state index in [9.17, 15) is 20.0 Å². The molecule has 0 aliphatic carbocycles. The van der Waals surface area contributed by atoms with Gasteiger partial charge in [-0.2, -0.15) is 0 Å². The highest BCUT2D eigenvalue weighted by molar-refractivity contribution is 5.72. The fraction of sp³-hybridized carbons (Fsp3) is 0.808. The molecule has 1 saturated heterocycles. The van der Waals surface area contributed by atoms with Gasteiger partial charge in [-0.1, -0.05) is 90.4 Å². The first-order valence-electron chi connectivity index (χ1n) is 13.8. The highest BCUT2D eigenvalue weighted by Gasteiger charge is 2.31. The number of carboxylic acid groups (broad SMARTS) is 1. The summed E-state index contributed by atoms with van der Waals surface area (Å²) >= 11 is 0. The van der Waals surface area contributed by atoms with Crippen molar-refractivity contribution in [2.45, 2.75) is 110 Å². The first-order chi connectivity index (χ1) is 17.0. The molecule has 0 atom stereocenters.